The number of para-hydroxylation sites is 1. The van der Waals surface area contributed by atoms with Gasteiger partial charge in [-0.3, -0.25) is 9.10 Å². The van der Waals surface area contributed by atoms with E-state index in [1.165, 1.54) is 12.1 Å². The average Bonchev–Trinajstić information content (AvgIpc) is 3.00. The Morgan fingerprint density at radius 2 is 1.88 bits per heavy atom. The van der Waals surface area contributed by atoms with Gasteiger partial charge >= 0.3 is 0 Å². The van der Waals surface area contributed by atoms with Crippen molar-refractivity contribution < 1.29 is 13.2 Å². The molecule has 1 aliphatic heterocycles. The molecular formula is C18H18Cl2N2O3S. The van der Waals surface area contributed by atoms with Crippen molar-refractivity contribution in [2.75, 3.05) is 22.0 Å². The lowest BCUT2D eigenvalue weighted by Crippen LogP contribution is -2.49. The Labute approximate surface area is 163 Å². The third kappa shape index (κ3) is 3.54. The fraction of sp³-hybridized carbons (Fsp3) is 0.278. The van der Waals surface area contributed by atoms with Gasteiger partial charge in [0.1, 0.15) is 6.04 Å². The van der Waals surface area contributed by atoms with Gasteiger partial charge in [-0.1, -0.05) is 41.4 Å². The van der Waals surface area contributed by atoms with Crippen LogP contribution >= 0.6 is 23.2 Å². The Balaban J connectivity index is 2.01. The Morgan fingerprint density at radius 3 is 2.58 bits per heavy atom. The molecule has 1 amide bonds. The number of carbonyl (C=O) groups excluding carboxylic acids is 1. The molecule has 0 saturated heterocycles. The molecule has 0 N–H and O–H groups in total. The summed E-state index contributed by atoms with van der Waals surface area (Å²) in [6, 6.07) is 11.2. The van der Waals surface area contributed by atoms with E-state index in [4.69, 9.17) is 23.2 Å². The van der Waals surface area contributed by atoms with Crippen LogP contribution in [0.15, 0.2) is 42.5 Å². The van der Waals surface area contributed by atoms with Gasteiger partial charge in [0.2, 0.25) is 10.0 Å². The molecule has 3 rings (SSSR count). The molecule has 0 radical (unpaired) electrons. The zero-order valence-corrected chi connectivity index (χ0v) is 16.6. The predicted molar refractivity (Wildman–Crippen MR) is 106 cm³/mol. The van der Waals surface area contributed by atoms with Crippen LogP contribution in [-0.4, -0.2) is 33.2 Å². The van der Waals surface area contributed by atoms with Gasteiger partial charge in [-0.05, 0) is 43.2 Å². The van der Waals surface area contributed by atoms with E-state index < -0.39 is 16.1 Å². The van der Waals surface area contributed by atoms with Crippen molar-refractivity contribution in [2.45, 2.75) is 19.4 Å². The minimum absolute atomic E-state index is 0.190. The number of anilines is 2. The Morgan fingerprint density at radius 1 is 1.19 bits per heavy atom. The van der Waals surface area contributed by atoms with E-state index in [2.05, 4.69) is 0 Å². The number of halogens is 2. The summed E-state index contributed by atoms with van der Waals surface area (Å²) in [5.41, 5.74) is 2.07. The van der Waals surface area contributed by atoms with Crippen molar-refractivity contribution in [2.24, 2.45) is 0 Å². The maximum Gasteiger partial charge on any atom is 0.250 e. The van der Waals surface area contributed by atoms with E-state index in [0.29, 0.717) is 11.6 Å². The monoisotopic (exact) mass is 412 g/mol. The van der Waals surface area contributed by atoms with Crippen LogP contribution in [0, 0.1) is 0 Å². The summed E-state index contributed by atoms with van der Waals surface area (Å²) in [5.74, 6) is -0.309. The van der Waals surface area contributed by atoms with Crippen LogP contribution in [0.5, 0.6) is 0 Å². The van der Waals surface area contributed by atoms with E-state index >= 15 is 0 Å². The van der Waals surface area contributed by atoms with Gasteiger partial charge in [0.25, 0.3) is 5.91 Å². The minimum Gasteiger partial charge on any atom is -0.310 e. The lowest BCUT2D eigenvalue weighted by molar-refractivity contribution is -0.119. The number of hydrogen-bond donors (Lipinski definition) is 0. The average molecular weight is 413 g/mol. The van der Waals surface area contributed by atoms with Crippen molar-refractivity contribution in [3.05, 3.63) is 58.1 Å². The summed E-state index contributed by atoms with van der Waals surface area (Å²) < 4.78 is 25.9. The third-order valence-electron chi connectivity index (χ3n) is 4.37. The van der Waals surface area contributed by atoms with Gasteiger partial charge in [0.05, 0.1) is 17.0 Å². The maximum absolute atomic E-state index is 13.1. The van der Waals surface area contributed by atoms with Crippen LogP contribution in [0.2, 0.25) is 10.0 Å². The highest BCUT2D eigenvalue weighted by Gasteiger charge is 2.35. The summed E-state index contributed by atoms with van der Waals surface area (Å²) in [5, 5.41) is 0.547. The molecule has 1 heterocycles. The quantitative estimate of drug-likeness (QED) is 0.768. The molecule has 5 nitrogen and oxygen atoms in total. The molecule has 138 valence electrons. The van der Waals surface area contributed by atoms with E-state index in [1.54, 1.807) is 17.9 Å². The van der Waals surface area contributed by atoms with Gasteiger partial charge < -0.3 is 4.90 Å². The Bertz CT molecular complexity index is 963. The van der Waals surface area contributed by atoms with E-state index in [9.17, 15) is 13.2 Å². The maximum atomic E-state index is 13.1. The number of benzene rings is 2. The molecule has 0 fully saturated rings. The first-order chi connectivity index (χ1) is 12.2. The summed E-state index contributed by atoms with van der Waals surface area (Å²) in [4.78, 5) is 14.7. The van der Waals surface area contributed by atoms with Crippen LogP contribution < -0.4 is 9.21 Å². The number of sulfonamides is 1. The Hall–Kier alpha value is -1.76. The molecule has 0 aliphatic carbocycles. The van der Waals surface area contributed by atoms with Crippen LogP contribution in [0.1, 0.15) is 12.5 Å². The minimum atomic E-state index is -3.77. The van der Waals surface area contributed by atoms with Gasteiger partial charge in [-0.2, -0.15) is 0 Å². The molecule has 2 aromatic rings. The first-order valence-corrected chi connectivity index (χ1v) is 10.6. The molecule has 26 heavy (non-hydrogen) atoms. The predicted octanol–water partition coefficient (Wildman–Crippen LogP) is 3.74. The molecule has 0 saturated carbocycles. The molecule has 0 bridgehead atoms. The number of nitrogens with zero attached hydrogens (tertiary/aromatic N) is 2. The van der Waals surface area contributed by atoms with Crippen LogP contribution in [0.25, 0.3) is 0 Å². The zero-order chi connectivity index (χ0) is 19.1. The molecule has 0 aromatic heterocycles. The number of rotatable bonds is 4. The smallest absolute Gasteiger partial charge is 0.250 e. The second kappa shape index (κ2) is 7.10. The molecule has 2 aromatic carbocycles. The van der Waals surface area contributed by atoms with Gasteiger partial charge in [0, 0.05) is 17.3 Å². The normalized spacial score (nSPS) is 14.8. The summed E-state index contributed by atoms with van der Waals surface area (Å²) in [6.07, 6.45) is 1.79. The fourth-order valence-electron chi connectivity index (χ4n) is 3.22. The van der Waals surface area contributed by atoms with Gasteiger partial charge in [0.15, 0.2) is 0 Å². The van der Waals surface area contributed by atoms with Crippen LogP contribution in [-0.2, 0) is 21.2 Å². The van der Waals surface area contributed by atoms with Crippen molar-refractivity contribution in [1.82, 2.24) is 0 Å². The number of carbonyl (C=O) groups is 1. The largest absolute Gasteiger partial charge is 0.310 e. The first kappa shape index (κ1) is 19.0. The van der Waals surface area contributed by atoms with E-state index in [-0.39, 0.29) is 16.6 Å². The van der Waals surface area contributed by atoms with Crippen LogP contribution in [0.4, 0.5) is 11.4 Å². The molecule has 0 spiro atoms. The number of amides is 1. The molecule has 1 unspecified atom stereocenters. The summed E-state index contributed by atoms with van der Waals surface area (Å²) in [7, 11) is -3.77. The highest BCUT2D eigenvalue weighted by atomic mass is 35.5. The van der Waals surface area contributed by atoms with Gasteiger partial charge in [-0.15, -0.1) is 0 Å². The summed E-state index contributed by atoms with van der Waals surface area (Å²) >= 11 is 12.2. The van der Waals surface area contributed by atoms with Crippen molar-refractivity contribution in [3.8, 4) is 0 Å². The second-order valence-electron chi connectivity index (χ2n) is 6.20. The lowest BCUT2D eigenvalue weighted by atomic mass is 10.2. The van der Waals surface area contributed by atoms with Crippen molar-refractivity contribution in [1.29, 1.82) is 0 Å². The van der Waals surface area contributed by atoms with E-state index in [0.717, 1.165) is 28.2 Å². The number of fused-ring (bicyclic) bond motifs is 1. The standard InChI is InChI=1S/C18H18Cl2N2O3S/c1-12(18(23)21-10-9-13-5-3-4-6-16(13)21)22(26(2,24)25)17-11-14(19)7-8-15(17)20/h3-8,11-12H,9-10H2,1-2H3. The lowest BCUT2D eigenvalue weighted by Gasteiger charge is -2.31. The van der Waals surface area contributed by atoms with Gasteiger partial charge in [-0.25, -0.2) is 8.42 Å². The van der Waals surface area contributed by atoms with Crippen molar-refractivity contribution >= 4 is 50.5 Å². The number of hydrogen-bond acceptors (Lipinski definition) is 3. The fourth-order valence-corrected chi connectivity index (χ4v) is 4.82. The summed E-state index contributed by atoms with van der Waals surface area (Å²) in [6.45, 7) is 2.07. The highest BCUT2D eigenvalue weighted by molar-refractivity contribution is 7.92. The highest BCUT2D eigenvalue weighted by Crippen LogP contribution is 2.34. The zero-order valence-electron chi connectivity index (χ0n) is 14.3. The molecular weight excluding hydrogens is 395 g/mol. The van der Waals surface area contributed by atoms with Crippen molar-refractivity contribution in [3.63, 3.8) is 0 Å². The molecule has 1 aliphatic rings. The molecule has 8 heteroatoms. The topological polar surface area (TPSA) is 57.7 Å². The van der Waals surface area contributed by atoms with Crippen LogP contribution in [0.3, 0.4) is 0 Å². The Kier molecular flexibility index (Phi) is 5.19. The molecule has 1 atom stereocenters. The first-order valence-electron chi connectivity index (χ1n) is 8.04. The second-order valence-corrected chi connectivity index (χ2v) is 8.90. The SMILES string of the molecule is CC(C(=O)N1CCc2ccccc21)N(c1cc(Cl)ccc1Cl)S(C)(=O)=O. The third-order valence-corrected chi connectivity index (χ3v) is 6.15. The van der Waals surface area contributed by atoms with E-state index in [1.807, 2.05) is 24.3 Å².